The summed E-state index contributed by atoms with van der Waals surface area (Å²) in [5.41, 5.74) is 3.22. The molecule has 1 heterocycles. The fourth-order valence-corrected chi connectivity index (χ4v) is 2.27. The Balaban J connectivity index is 2.03. The van der Waals surface area contributed by atoms with Gasteiger partial charge in [-0.1, -0.05) is 34.1 Å². The highest BCUT2D eigenvalue weighted by Crippen LogP contribution is 2.18. The summed E-state index contributed by atoms with van der Waals surface area (Å²) in [6.45, 7) is 4.89. The molecule has 0 bridgehead atoms. The Hall–Kier alpha value is -1.26. The van der Waals surface area contributed by atoms with Crippen molar-refractivity contribution >= 4 is 15.9 Å². The Morgan fingerprint density at radius 2 is 1.94 bits per heavy atom. The summed E-state index contributed by atoms with van der Waals surface area (Å²) >= 11 is 3.55. The lowest BCUT2D eigenvalue weighted by atomic mass is 10.1. The minimum absolute atomic E-state index is 0.186. The number of nitrogens with zero attached hydrogens (tertiary/aromatic N) is 2. The van der Waals surface area contributed by atoms with Crippen LogP contribution >= 0.6 is 15.9 Å². The summed E-state index contributed by atoms with van der Waals surface area (Å²) in [6.07, 6.45) is 3.46. The fourth-order valence-electron chi connectivity index (χ4n) is 1.84. The van der Waals surface area contributed by atoms with Crippen molar-refractivity contribution in [2.45, 2.75) is 26.4 Å². The van der Waals surface area contributed by atoms with Crippen LogP contribution in [0.4, 0.5) is 0 Å². The van der Waals surface area contributed by atoms with Gasteiger partial charge >= 0.3 is 0 Å². The second kappa shape index (κ2) is 6.07. The lowest BCUT2D eigenvalue weighted by Crippen LogP contribution is -2.20. The molecule has 0 aliphatic rings. The van der Waals surface area contributed by atoms with Crippen molar-refractivity contribution in [1.82, 2.24) is 15.3 Å². The lowest BCUT2D eigenvalue weighted by Gasteiger charge is -2.15. The van der Waals surface area contributed by atoms with Crippen molar-refractivity contribution in [1.29, 1.82) is 0 Å². The average molecular weight is 306 g/mol. The zero-order valence-electron chi connectivity index (χ0n) is 10.5. The first-order valence-corrected chi connectivity index (χ1v) is 6.72. The number of aromatic nitrogens is 2. The van der Waals surface area contributed by atoms with Crippen molar-refractivity contribution in [2.75, 3.05) is 0 Å². The maximum Gasteiger partial charge on any atom is 0.0782 e. The molecule has 1 aromatic carbocycles. The average Bonchev–Trinajstić information content (AvgIpc) is 2.38. The van der Waals surface area contributed by atoms with Crippen LogP contribution in [0.25, 0.3) is 0 Å². The standard InChI is InChI=1S/C14H16BrN3/c1-10-14(17-8-7-16-10)11(2)18-9-12-5-3-4-6-13(12)15/h3-8,11,18H,9H2,1-2H3. The predicted octanol–water partition coefficient (Wildman–Crippen LogP) is 3.40. The third-order valence-corrected chi connectivity index (χ3v) is 3.66. The van der Waals surface area contributed by atoms with Gasteiger partial charge in [0.1, 0.15) is 0 Å². The van der Waals surface area contributed by atoms with Crippen molar-refractivity contribution in [3.8, 4) is 0 Å². The molecule has 0 aliphatic carbocycles. The molecule has 0 saturated heterocycles. The van der Waals surface area contributed by atoms with Gasteiger partial charge in [0.25, 0.3) is 0 Å². The number of hydrogen-bond acceptors (Lipinski definition) is 3. The molecule has 3 nitrogen and oxygen atoms in total. The fraction of sp³-hybridized carbons (Fsp3) is 0.286. The number of rotatable bonds is 4. The van der Waals surface area contributed by atoms with E-state index >= 15 is 0 Å². The molecule has 94 valence electrons. The summed E-state index contributed by atoms with van der Waals surface area (Å²) in [5, 5.41) is 3.46. The van der Waals surface area contributed by atoms with Gasteiger partial charge in [0.05, 0.1) is 11.4 Å². The van der Waals surface area contributed by atoms with Crippen LogP contribution < -0.4 is 5.32 Å². The number of benzene rings is 1. The van der Waals surface area contributed by atoms with E-state index in [1.165, 1.54) is 5.56 Å². The van der Waals surface area contributed by atoms with E-state index in [0.717, 1.165) is 22.4 Å². The maximum atomic E-state index is 4.38. The number of halogens is 1. The highest BCUT2D eigenvalue weighted by Gasteiger charge is 2.10. The van der Waals surface area contributed by atoms with Gasteiger partial charge in [-0.15, -0.1) is 0 Å². The summed E-state index contributed by atoms with van der Waals surface area (Å²) in [6, 6.07) is 8.40. The Labute approximate surface area is 116 Å². The van der Waals surface area contributed by atoms with E-state index in [1.54, 1.807) is 12.4 Å². The first-order chi connectivity index (χ1) is 8.68. The molecular weight excluding hydrogens is 290 g/mol. The molecule has 1 N–H and O–H groups in total. The van der Waals surface area contributed by atoms with Crippen LogP contribution in [0.15, 0.2) is 41.1 Å². The summed E-state index contributed by atoms with van der Waals surface area (Å²) in [4.78, 5) is 8.64. The Morgan fingerprint density at radius 3 is 2.67 bits per heavy atom. The zero-order valence-corrected chi connectivity index (χ0v) is 12.1. The van der Waals surface area contributed by atoms with E-state index in [1.807, 2.05) is 19.1 Å². The third-order valence-electron chi connectivity index (χ3n) is 2.89. The Morgan fingerprint density at radius 1 is 1.22 bits per heavy atom. The molecule has 1 unspecified atom stereocenters. The molecule has 2 rings (SSSR count). The maximum absolute atomic E-state index is 4.38. The van der Waals surface area contributed by atoms with Crippen molar-refractivity contribution in [3.63, 3.8) is 0 Å². The minimum atomic E-state index is 0.186. The molecule has 0 fully saturated rings. The van der Waals surface area contributed by atoms with Crippen LogP contribution in [0.1, 0.15) is 29.9 Å². The second-order valence-electron chi connectivity index (χ2n) is 4.22. The van der Waals surface area contributed by atoms with E-state index in [9.17, 15) is 0 Å². The predicted molar refractivity (Wildman–Crippen MR) is 76.2 cm³/mol. The van der Waals surface area contributed by atoms with E-state index in [2.05, 4.69) is 50.3 Å². The van der Waals surface area contributed by atoms with E-state index in [-0.39, 0.29) is 6.04 Å². The summed E-state index contributed by atoms with van der Waals surface area (Å²) < 4.78 is 1.13. The summed E-state index contributed by atoms with van der Waals surface area (Å²) in [7, 11) is 0. The third kappa shape index (κ3) is 3.15. The highest BCUT2D eigenvalue weighted by atomic mass is 79.9. The van der Waals surface area contributed by atoms with Crippen LogP contribution in [0, 0.1) is 6.92 Å². The number of hydrogen-bond donors (Lipinski definition) is 1. The largest absolute Gasteiger partial charge is 0.305 e. The molecule has 0 spiro atoms. The molecule has 4 heteroatoms. The summed E-state index contributed by atoms with van der Waals surface area (Å²) in [5.74, 6) is 0. The number of aryl methyl sites for hydroxylation is 1. The first kappa shape index (κ1) is 13.2. The second-order valence-corrected chi connectivity index (χ2v) is 5.08. The molecule has 18 heavy (non-hydrogen) atoms. The van der Waals surface area contributed by atoms with Crippen molar-refractivity contribution in [2.24, 2.45) is 0 Å². The van der Waals surface area contributed by atoms with Gasteiger partial charge < -0.3 is 5.32 Å². The normalized spacial score (nSPS) is 12.4. The van der Waals surface area contributed by atoms with Crippen LogP contribution in [-0.2, 0) is 6.54 Å². The number of nitrogens with one attached hydrogen (secondary N) is 1. The van der Waals surface area contributed by atoms with Gasteiger partial charge in [-0.2, -0.15) is 0 Å². The molecule has 1 atom stereocenters. The zero-order chi connectivity index (χ0) is 13.0. The molecule has 0 saturated carbocycles. The molecule has 1 aromatic heterocycles. The van der Waals surface area contributed by atoms with Crippen LogP contribution in [-0.4, -0.2) is 9.97 Å². The van der Waals surface area contributed by atoms with E-state index < -0.39 is 0 Å². The topological polar surface area (TPSA) is 37.8 Å². The SMILES string of the molecule is Cc1nccnc1C(C)NCc1ccccc1Br. The molecule has 0 amide bonds. The molecule has 0 radical (unpaired) electrons. The van der Waals surface area contributed by atoms with Gasteiger partial charge in [-0.25, -0.2) is 0 Å². The first-order valence-electron chi connectivity index (χ1n) is 5.93. The lowest BCUT2D eigenvalue weighted by molar-refractivity contribution is 0.554. The Kier molecular flexibility index (Phi) is 4.44. The van der Waals surface area contributed by atoms with Gasteiger partial charge in [-0.3, -0.25) is 9.97 Å². The molecular formula is C14H16BrN3. The van der Waals surface area contributed by atoms with Crippen molar-refractivity contribution in [3.05, 3.63) is 58.1 Å². The van der Waals surface area contributed by atoms with Crippen LogP contribution in [0.5, 0.6) is 0 Å². The van der Waals surface area contributed by atoms with Crippen molar-refractivity contribution < 1.29 is 0 Å². The van der Waals surface area contributed by atoms with Crippen LogP contribution in [0.2, 0.25) is 0 Å². The highest BCUT2D eigenvalue weighted by molar-refractivity contribution is 9.10. The van der Waals surface area contributed by atoms with Gasteiger partial charge in [-0.05, 0) is 25.5 Å². The Bertz CT molecular complexity index is 528. The molecule has 0 aliphatic heterocycles. The smallest absolute Gasteiger partial charge is 0.0782 e. The van der Waals surface area contributed by atoms with Gasteiger partial charge in [0.15, 0.2) is 0 Å². The van der Waals surface area contributed by atoms with Gasteiger partial charge in [0.2, 0.25) is 0 Å². The quantitative estimate of drug-likeness (QED) is 0.941. The van der Waals surface area contributed by atoms with E-state index in [4.69, 9.17) is 0 Å². The molecule has 2 aromatic rings. The monoisotopic (exact) mass is 305 g/mol. The van der Waals surface area contributed by atoms with E-state index in [0.29, 0.717) is 0 Å². The minimum Gasteiger partial charge on any atom is -0.305 e. The van der Waals surface area contributed by atoms with Gasteiger partial charge in [0, 0.05) is 29.5 Å². The van der Waals surface area contributed by atoms with Crippen LogP contribution in [0.3, 0.4) is 0 Å².